The minimum atomic E-state index is 0.609. The highest BCUT2D eigenvalue weighted by Crippen LogP contribution is 2.06. The lowest BCUT2D eigenvalue weighted by molar-refractivity contribution is -0.107. The predicted octanol–water partition coefficient (Wildman–Crippen LogP) is 2.01. The third-order valence-corrected chi connectivity index (χ3v) is 2.17. The van der Waals surface area contributed by atoms with Crippen molar-refractivity contribution in [2.45, 2.75) is 19.3 Å². The molecule has 14 heavy (non-hydrogen) atoms. The van der Waals surface area contributed by atoms with Gasteiger partial charge in [0.05, 0.1) is 6.61 Å². The SMILES string of the molecule is COCCc1ccc(CCC=O)cc1. The van der Waals surface area contributed by atoms with Gasteiger partial charge < -0.3 is 9.53 Å². The van der Waals surface area contributed by atoms with Gasteiger partial charge in [-0.1, -0.05) is 24.3 Å². The molecule has 0 aliphatic rings. The molecule has 0 atom stereocenters. The summed E-state index contributed by atoms with van der Waals surface area (Å²) in [6.07, 6.45) is 3.36. The maximum absolute atomic E-state index is 10.2. The Labute approximate surface area is 84.9 Å². The molecule has 1 aromatic carbocycles. The third-order valence-electron chi connectivity index (χ3n) is 2.17. The standard InChI is InChI=1S/C12H16O2/c1-14-10-8-12-6-4-11(5-7-12)3-2-9-13/h4-7,9H,2-3,8,10H2,1H3. The monoisotopic (exact) mass is 192 g/mol. The van der Waals surface area contributed by atoms with Crippen LogP contribution in [0.15, 0.2) is 24.3 Å². The van der Waals surface area contributed by atoms with E-state index < -0.39 is 0 Å². The predicted molar refractivity (Wildman–Crippen MR) is 56.4 cm³/mol. The summed E-state index contributed by atoms with van der Waals surface area (Å²) >= 11 is 0. The van der Waals surface area contributed by atoms with Crippen LogP contribution in [-0.2, 0) is 22.4 Å². The van der Waals surface area contributed by atoms with Crippen molar-refractivity contribution >= 4 is 6.29 Å². The average molecular weight is 192 g/mol. The van der Waals surface area contributed by atoms with Gasteiger partial charge in [0.2, 0.25) is 0 Å². The Balaban J connectivity index is 2.46. The van der Waals surface area contributed by atoms with Crippen molar-refractivity contribution in [2.24, 2.45) is 0 Å². The highest BCUT2D eigenvalue weighted by atomic mass is 16.5. The lowest BCUT2D eigenvalue weighted by atomic mass is 10.1. The fourth-order valence-electron chi connectivity index (χ4n) is 1.32. The van der Waals surface area contributed by atoms with Crippen LogP contribution in [0.5, 0.6) is 0 Å². The van der Waals surface area contributed by atoms with Gasteiger partial charge in [-0.25, -0.2) is 0 Å². The van der Waals surface area contributed by atoms with Crippen molar-refractivity contribution in [3.63, 3.8) is 0 Å². The van der Waals surface area contributed by atoms with Gasteiger partial charge in [-0.3, -0.25) is 0 Å². The summed E-state index contributed by atoms with van der Waals surface area (Å²) in [5.41, 5.74) is 2.50. The molecule has 0 heterocycles. The molecule has 1 aromatic rings. The van der Waals surface area contributed by atoms with Crippen LogP contribution in [-0.4, -0.2) is 20.0 Å². The van der Waals surface area contributed by atoms with Gasteiger partial charge in [-0.15, -0.1) is 0 Å². The topological polar surface area (TPSA) is 26.3 Å². The van der Waals surface area contributed by atoms with Crippen molar-refractivity contribution in [1.82, 2.24) is 0 Å². The Morgan fingerprint density at radius 3 is 2.21 bits per heavy atom. The van der Waals surface area contributed by atoms with Crippen LogP contribution in [0, 0.1) is 0 Å². The molecule has 0 aliphatic carbocycles. The molecule has 2 heteroatoms. The van der Waals surface area contributed by atoms with E-state index in [1.807, 2.05) is 0 Å². The van der Waals surface area contributed by atoms with Crippen LogP contribution in [0.1, 0.15) is 17.5 Å². The molecule has 0 N–H and O–H groups in total. The second kappa shape index (κ2) is 6.33. The third kappa shape index (κ3) is 3.71. The molecular weight excluding hydrogens is 176 g/mol. The van der Waals surface area contributed by atoms with Gasteiger partial charge in [0.15, 0.2) is 0 Å². The molecule has 0 saturated carbocycles. The van der Waals surface area contributed by atoms with Gasteiger partial charge in [-0.2, -0.15) is 0 Å². The molecule has 1 rings (SSSR count). The number of benzene rings is 1. The highest BCUT2D eigenvalue weighted by molar-refractivity contribution is 5.50. The number of carbonyl (C=O) groups is 1. The fourth-order valence-corrected chi connectivity index (χ4v) is 1.32. The molecule has 0 amide bonds. The van der Waals surface area contributed by atoms with Crippen LogP contribution in [0.4, 0.5) is 0 Å². The number of rotatable bonds is 6. The second-order valence-corrected chi connectivity index (χ2v) is 3.26. The summed E-state index contributed by atoms with van der Waals surface area (Å²) in [7, 11) is 1.71. The highest BCUT2D eigenvalue weighted by Gasteiger charge is 1.94. The summed E-state index contributed by atoms with van der Waals surface area (Å²) in [6.45, 7) is 0.758. The van der Waals surface area contributed by atoms with Crippen molar-refractivity contribution in [3.05, 3.63) is 35.4 Å². The zero-order chi connectivity index (χ0) is 10.2. The fraction of sp³-hybridized carbons (Fsp3) is 0.417. The number of carbonyl (C=O) groups excluding carboxylic acids is 1. The lowest BCUT2D eigenvalue weighted by Crippen LogP contribution is -1.94. The number of ether oxygens (including phenoxy) is 1. The Kier molecular flexibility index (Phi) is 4.94. The number of hydrogen-bond acceptors (Lipinski definition) is 2. The zero-order valence-corrected chi connectivity index (χ0v) is 8.53. The van der Waals surface area contributed by atoms with Crippen molar-refractivity contribution in [1.29, 1.82) is 0 Å². The van der Waals surface area contributed by atoms with E-state index in [4.69, 9.17) is 4.74 Å². The number of hydrogen-bond donors (Lipinski definition) is 0. The Morgan fingerprint density at radius 1 is 1.14 bits per heavy atom. The minimum Gasteiger partial charge on any atom is -0.384 e. The molecule has 0 aliphatic heterocycles. The maximum atomic E-state index is 10.2. The molecule has 2 nitrogen and oxygen atoms in total. The lowest BCUT2D eigenvalue weighted by Gasteiger charge is -2.02. The Morgan fingerprint density at radius 2 is 1.71 bits per heavy atom. The largest absolute Gasteiger partial charge is 0.384 e. The van der Waals surface area contributed by atoms with Crippen LogP contribution >= 0.6 is 0 Å². The second-order valence-electron chi connectivity index (χ2n) is 3.26. The van der Waals surface area contributed by atoms with E-state index in [9.17, 15) is 4.79 Å². The van der Waals surface area contributed by atoms with Gasteiger partial charge in [0.25, 0.3) is 0 Å². The number of methoxy groups -OCH3 is 1. The number of aryl methyl sites for hydroxylation is 1. The van der Waals surface area contributed by atoms with Gasteiger partial charge in [0, 0.05) is 13.5 Å². The van der Waals surface area contributed by atoms with E-state index in [1.54, 1.807) is 7.11 Å². The molecule has 0 radical (unpaired) electrons. The molecule has 0 aromatic heterocycles. The van der Waals surface area contributed by atoms with Gasteiger partial charge in [0.1, 0.15) is 6.29 Å². The van der Waals surface area contributed by atoms with E-state index in [2.05, 4.69) is 24.3 Å². The quantitative estimate of drug-likeness (QED) is 0.644. The molecule has 0 saturated heterocycles. The van der Waals surface area contributed by atoms with Gasteiger partial charge >= 0.3 is 0 Å². The average Bonchev–Trinajstić information content (AvgIpc) is 2.25. The van der Waals surface area contributed by atoms with E-state index in [-0.39, 0.29) is 0 Å². The number of aldehydes is 1. The molecule has 0 spiro atoms. The van der Waals surface area contributed by atoms with Crippen molar-refractivity contribution in [2.75, 3.05) is 13.7 Å². The van der Waals surface area contributed by atoms with E-state index >= 15 is 0 Å². The molecule has 0 fully saturated rings. The Bertz CT molecular complexity index is 264. The molecular formula is C12H16O2. The van der Waals surface area contributed by atoms with Crippen LogP contribution in [0.3, 0.4) is 0 Å². The minimum absolute atomic E-state index is 0.609. The van der Waals surface area contributed by atoms with Crippen molar-refractivity contribution in [3.8, 4) is 0 Å². The van der Waals surface area contributed by atoms with Crippen LogP contribution < -0.4 is 0 Å². The van der Waals surface area contributed by atoms with Crippen molar-refractivity contribution < 1.29 is 9.53 Å². The van der Waals surface area contributed by atoms with Crippen LogP contribution in [0.2, 0.25) is 0 Å². The maximum Gasteiger partial charge on any atom is 0.120 e. The first kappa shape index (κ1) is 10.9. The first-order valence-electron chi connectivity index (χ1n) is 4.87. The van der Waals surface area contributed by atoms with Crippen LogP contribution in [0.25, 0.3) is 0 Å². The Hall–Kier alpha value is -1.15. The summed E-state index contributed by atoms with van der Waals surface area (Å²) in [6, 6.07) is 8.35. The molecule has 0 bridgehead atoms. The molecule has 0 unspecified atom stereocenters. The van der Waals surface area contributed by atoms with E-state index in [0.29, 0.717) is 6.42 Å². The normalized spacial score (nSPS) is 10.1. The summed E-state index contributed by atoms with van der Waals surface area (Å²) in [4.78, 5) is 10.2. The summed E-state index contributed by atoms with van der Waals surface area (Å²) < 4.78 is 4.99. The zero-order valence-electron chi connectivity index (χ0n) is 8.53. The van der Waals surface area contributed by atoms with E-state index in [1.165, 1.54) is 11.1 Å². The summed E-state index contributed by atoms with van der Waals surface area (Å²) in [5, 5.41) is 0. The smallest absolute Gasteiger partial charge is 0.120 e. The first-order chi connectivity index (χ1) is 6.86. The van der Waals surface area contributed by atoms with E-state index in [0.717, 1.165) is 25.7 Å². The first-order valence-corrected chi connectivity index (χ1v) is 4.87. The van der Waals surface area contributed by atoms with Gasteiger partial charge in [-0.05, 0) is 24.0 Å². The molecule has 76 valence electrons. The summed E-state index contributed by atoms with van der Waals surface area (Å²) in [5.74, 6) is 0.